The maximum Gasteiger partial charge on any atom is 0.469 e. The second-order valence-electron chi connectivity index (χ2n) is 4.47. The predicted octanol–water partition coefficient (Wildman–Crippen LogP) is -1.17. The van der Waals surface area contributed by atoms with Gasteiger partial charge in [-0.3, -0.25) is 9.09 Å². The Balaban J connectivity index is 2.26. The average Bonchev–Trinajstić information content (AvgIpc) is 2.59. The Morgan fingerprint density at radius 1 is 1.55 bits per heavy atom. The molecule has 1 aromatic heterocycles. The number of ether oxygens (including phenoxy) is 1. The van der Waals surface area contributed by atoms with Crippen LogP contribution in [0.3, 0.4) is 0 Å². The van der Waals surface area contributed by atoms with Crippen molar-refractivity contribution in [2.24, 2.45) is 0 Å². The fourth-order valence-electron chi connectivity index (χ4n) is 1.88. The molecule has 0 aromatic carbocycles. The first-order valence-electron chi connectivity index (χ1n) is 5.78. The van der Waals surface area contributed by atoms with Crippen molar-refractivity contribution in [1.82, 2.24) is 9.55 Å². The minimum absolute atomic E-state index is 0.190. The van der Waals surface area contributed by atoms with Gasteiger partial charge in [-0.05, 0) is 6.07 Å². The number of hydrogen-bond acceptors (Lipinski definition) is 7. The number of alkyl halides is 2. The second-order valence-corrected chi connectivity index (χ2v) is 5.71. The van der Waals surface area contributed by atoms with Crippen LogP contribution in [0.15, 0.2) is 17.1 Å². The Hall–Kier alpha value is -1.43. The quantitative estimate of drug-likeness (QED) is 0.494. The van der Waals surface area contributed by atoms with E-state index in [1.54, 1.807) is 0 Å². The van der Waals surface area contributed by atoms with E-state index in [9.17, 15) is 23.2 Å². The van der Waals surface area contributed by atoms with Gasteiger partial charge in [0.2, 0.25) is 6.23 Å². The molecule has 1 aromatic rings. The number of nitrogen functional groups attached to an aromatic ring is 1. The number of halogens is 2. The molecule has 1 aliphatic rings. The van der Waals surface area contributed by atoms with Gasteiger partial charge in [-0.2, -0.15) is 13.8 Å². The minimum atomic E-state index is -4.93. The van der Waals surface area contributed by atoms with Crippen LogP contribution in [0.1, 0.15) is 6.23 Å². The number of nitrogens with zero attached hydrogens (tertiary/aromatic N) is 2. The highest BCUT2D eigenvalue weighted by Gasteiger charge is 2.60. The minimum Gasteiger partial charge on any atom is -0.384 e. The summed E-state index contributed by atoms with van der Waals surface area (Å²) in [5.41, 5.74) is 4.10. The summed E-state index contributed by atoms with van der Waals surface area (Å²) < 4.78 is 47.8. The molecule has 1 saturated heterocycles. The molecule has 0 aliphatic carbocycles. The lowest BCUT2D eigenvalue weighted by Crippen LogP contribution is -2.41. The van der Waals surface area contributed by atoms with E-state index in [0.717, 1.165) is 12.3 Å². The number of aliphatic hydroxyl groups excluding tert-OH is 1. The largest absolute Gasteiger partial charge is 0.469 e. The maximum absolute atomic E-state index is 14.0. The first-order valence-corrected chi connectivity index (χ1v) is 7.31. The number of phosphoric acid groups is 1. The summed E-state index contributed by atoms with van der Waals surface area (Å²) in [4.78, 5) is 31.9. The Kier molecular flexibility index (Phi) is 4.35. The van der Waals surface area contributed by atoms with Crippen molar-refractivity contribution in [3.05, 3.63) is 22.7 Å². The van der Waals surface area contributed by atoms with Crippen LogP contribution < -0.4 is 11.4 Å². The molecule has 22 heavy (non-hydrogen) atoms. The molecule has 5 N–H and O–H groups in total. The van der Waals surface area contributed by atoms with E-state index in [1.165, 1.54) is 0 Å². The normalized spacial score (nSPS) is 28.0. The van der Waals surface area contributed by atoms with Gasteiger partial charge in [0.25, 0.3) is 0 Å². The van der Waals surface area contributed by atoms with Crippen LogP contribution in [0.25, 0.3) is 0 Å². The molecule has 0 saturated carbocycles. The molecule has 0 radical (unpaired) electrons. The summed E-state index contributed by atoms with van der Waals surface area (Å²) in [6.07, 6.45) is -5.50. The number of anilines is 1. The van der Waals surface area contributed by atoms with Crippen LogP contribution in [0.5, 0.6) is 0 Å². The Morgan fingerprint density at radius 3 is 2.73 bits per heavy atom. The van der Waals surface area contributed by atoms with Gasteiger partial charge in [-0.15, -0.1) is 0 Å². The van der Waals surface area contributed by atoms with E-state index in [0.29, 0.717) is 4.57 Å². The van der Waals surface area contributed by atoms with Crippen molar-refractivity contribution in [3.63, 3.8) is 0 Å². The van der Waals surface area contributed by atoms with Crippen LogP contribution in [-0.2, 0) is 13.8 Å². The molecule has 10 nitrogen and oxygen atoms in total. The van der Waals surface area contributed by atoms with Gasteiger partial charge in [0, 0.05) is 6.20 Å². The molecular formula is C9H12F2N3O7P. The monoisotopic (exact) mass is 343 g/mol. The van der Waals surface area contributed by atoms with Crippen LogP contribution >= 0.6 is 7.82 Å². The van der Waals surface area contributed by atoms with Crippen molar-refractivity contribution < 1.29 is 37.5 Å². The Bertz CT molecular complexity index is 663. The summed E-state index contributed by atoms with van der Waals surface area (Å²) in [5, 5.41) is 9.52. The summed E-state index contributed by atoms with van der Waals surface area (Å²) >= 11 is 0. The second kappa shape index (κ2) is 5.65. The van der Waals surface area contributed by atoms with Crippen LogP contribution in [0.4, 0.5) is 14.6 Å². The van der Waals surface area contributed by atoms with Gasteiger partial charge >= 0.3 is 19.4 Å². The summed E-state index contributed by atoms with van der Waals surface area (Å²) in [5.74, 6) is -4.10. The molecule has 1 fully saturated rings. The summed E-state index contributed by atoms with van der Waals surface area (Å²) in [6.45, 7) is -0.991. The van der Waals surface area contributed by atoms with Gasteiger partial charge in [0.1, 0.15) is 11.9 Å². The van der Waals surface area contributed by atoms with Crippen molar-refractivity contribution in [2.45, 2.75) is 24.4 Å². The molecular weight excluding hydrogens is 331 g/mol. The highest BCUT2D eigenvalue weighted by molar-refractivity contribution is 7.46. The van der Waals surface area contributed by atoms with E-state index in [2.05, 4.69) is 9.51 Å². The molecule has 2 rings (SSSR count). The maximum atomic E-state index is 14.0. The van der Waals surface area contributed by atoms with Gasteiger partial charge in [-0.25, -0.2) is 9.36 Å². The first kappa shape index (κ1) is 16.9. The number of aromatic nitrogens is 2. The fourth-order valence-corrected chi connectivity index (χ4v) is 2.22. The number of phosphoric ester groups is 1. The van der Waals surface area contributed by atoms with Crippen molar-refractivity contribution >= 4 is 13.6 Å². The van der Waals surface area contributed by atoms with Crippen molar-refractivity contribution in [1.29, 1.82) is 0 Å². The number of aliphatic hydroxyl groups is 1. The predicted molar refractivity (Wildman–Crippen MR) is 65.8 cm³/mol. The SMILES string of the molecule is Nc1ccn(C2OC(COP(=O)(O)O)[C@H](O)C2(F)F)c(=O)n1. The Labute approximate surface area is 121 Å². The standard InChI is InChI=1S/C9H12F2N3O7P/c10-9(11)6(15)4(3-20-22(17,18)19)21-7(9)14-2-1-5(12)13-8(14)16/h1-2,4,6-7,15H,3H2,(H2,12,13,16)(H2,17,18,19)/t4?,6-,7?/m0/s1. The van der Waals surface area contributed by atoms with Gasteiger partial charge in [0.15, 0.2) is 6.10 Å². The molecule has 0 spiro atoms. The van der Waals surface area contributed by atoms with Gasteiger partial charge in [-0.1, -0.05) is 0 Å². The first-order chi connectivity index (χ1) is 10.0. The zero-order valence-corrected chi connectivity index (χ0v) is 11.6. The third kappa shape index (κ3) is 3.32. The van der Waals surface area contributed by atoms with Crippen molar-refractivity contribution in [2.75, 3.05) is 12.3 Å². The lowest BCUT2D eigenvalue weighted by molar-refractivity contribution is -0.140. The van der Waals surface area contributed by atoms with E-state index in [-0.39, 0.29) is 5.82 Å². The summed E-state index contributed by atoms with van der Waals surface area (Å²) in [7, 11) is -4.93. The third-order valence-corrected chi connectivity index (χ3v) is 3.38. The molecule has 3 atom stereocenters. The van der Waals surface area contributed by atoms with Gasteiger partial charge < -0.3 is 25.4 Å². The molecule has 13 heteroatoms. The smallest absolute Gasteiger partial charge is 0.384 e. The topological polar surface area (TPSA) is 157 Å². The highest BCUT2D eigenvalue weighted by atomic mass is 31.2. The van der Waals surface area contributed by atoms with E-state index < -0.39 is 44.5 Å². The lowest BCUT2D eigenvalue weighted by Gasteiger charge is -2.20. The average molecular weight is 343 g/mol. The van der Waals surface area contributed by atoms with Crippen LogP contribution in [0, 0.1) is 0 Å². The molecule has 2 heterocycles. The molecule has 0 bridgehead atoms. The molecule has 1 aliphatic heterocycles. The summed E-state index contributed by atoms with van der Waals surface area (Å²) in [6, 6.07) is 1.08. The lowest BCUT2D eigenvalue weighted by atomic mass is 10.1. The van der Waals surface area contributed by atoms with Gasteiger partial charge in [0.05, 0.1) is 6.61 Å². The fraction of sp³-hybridized carbons (Fsp3) is 0.556. The molecule has 2 unspecified atom stereocenters. The third-order valence-electron chi connectivity index (χ3n) is 2.89. The van der Waals surface area contributed by atoms with Crippen LogP contribution in [-0.4, -0.2) is 49.2 Å². The van der Waals surface area contributed by atoms with E-state index in [1.807, 2.05) is 0 Å². The number of hydrogen-bond donors (Lipinski definition) is 4. The molecule has 0 amide bonds. The zero-order valence-electron chi connectivity index (χ0n) is 10.7. The van der Waals surface area contributed by atoms with E-state index in [4.69, 9.17) is 20.3 Å². The van der Waals surface area contributed by atoms with Crippen LogP contribution in [0.2, 0.25) is 0 Å². The molecule has 124 valence electrons. The Morgan fingerprint density at radius 2 is 2.18 bits per heavy atom. The zero-order chi connectivity index (χ0) is 16.7. The van der Waals surface area contributed by atoms with E-state index >= 15 is 0 Å². The number of rotatable bonds is 4. The number of nitrogens with two attached hydrogens (primary N) is 1. The highest BCUT2D eigenvalue weighted by Crippen LogP contribution is 2.44. The van der Waals surface area contributed by atoms with Crippen molar-refractivity contribution in [3.8, 4) is 0 Å².